The molecule has 0 spiro atoms. The van der Waals surface area contributed by atoms with Crippen LogP contribution >= 0.6 is 0 Å². The van der Waals surface area contributed by atoms with E-state index in [2.05, 4.69) is 34.5 Å². The van der Waals surface area contributed by atoms with Gasteiger partial charge in [0.1, 0.15) is 5.75 Å². The second kappa shape index (κ2) is 10.5. The minimum Gasteiger partial charge on any atom is -0.497 e. The summed E-state index contributed by atoms with van der Waals surface area (Å²) in [6.07, 6.45) is 3.84. The summed E-state index contributed by atoms with van der Waals surface area (Å²) in [5.74, 6) is 0.533. The summed E-state index contributed by atoms with van der Waals surface area (Å²) in [5.41, 5.74) is 3.22. The summed E-state index contributed by atoms with van der Waals surface area (Å²) in [6.45, 7) is 2.79. The van der Waals surface area contributed by atoms with Gasteiger partial charge in [0, 0.05) is 44.4 Å². The summed E-state index contributed by atoms with van der Waals surface area (Å²) in [5, 5.41) is 2.95. The molecule has 1 aliphatic rings. The van der Waals surface area contributed by atoms with Gasteiger partial charge in [-0.25, -0.2) is 8.42 Å². The van der Waals surface area contributed by atoms with Crippen molar-refractivity contribution in [3.05, 3.63) is 54.1 Å². The number of hydrogen-bond acceptors (Lipinski definition) is 5. The number of methoxy groups -OCH3 is 1. The fourth-order valence-electron chi connectivity index (χ4n) is 3.86. The minimum absolute atomic E-state index is 0.0547. The Labute approximate surface area is 185 Å². The normalized spacial score (nSPS) is 13.0. The van der Waals surface area contributed by atoms with E-state index in [-0.39, 0.29) is 18.9 Å². The molecule has 31 heavy (non-hydrogen) atoms. The quantitative estimate of drug-likeness (QED) is 0.538. The molecule has 1 heterocycles. The molecule has 0 aliphatic carbocycles. The van der Waals surface area contributed by atoms with Gasteiger partial charge in [0.15, 0.2) is 0 Å². The molecule has 0 saturated heterocycles. The number of amides is 1. The van der Waals surface area contributed by atoms with Crippen molar-refractivity contribution in [3.8, 4) is 5.75 Å². The van der Waals surface area contributed by atoms with Gasteiger partial charge in [-0.3, -0.25) is 9.10 Å². The molecule has 2 aromatic rings. The van der Waals surface area contributed by atoms with Crippen molar-refractivity contribution in [1.29, 1.82) is 0 Å². The number of rotatable bonds is 11. The number of fused-ring (bicyclic) bond motifs is 1. The maximum absolute atomic E-state index is 12.2. The van der Waals surface area contributed by atoms with Crippen LogP contribution in [0.3, 0.4) is 0 Å². The van der Waals surface area contributed by atoms with Crippen LogP contribution in [-0.4, -0.2) is 53.9 Å². The van der Waals surface area contributed by atoms with Crippen molar-refractivity contribution in [2.45, 2.75) is 25.7 Å². The highest BCUT2D eigenvalue weighted by molar-refractivity contribution is 7.92. The van der Waals surface area contributed by atoms with E-state index < -0.39 is 10.0 Å². The SMILES string of the molecule is COc1cccc(N(CCCC(=O)NCCCN2CCc3ccccc32)S(C)(=O)=O)c1. The molecule has 8 heteroatoms. The molecule has 1 amide bonds. The number of carbonyl (C=O) groups is 1. The van der Waals surface area contributed by atoms with Crippen molar-refractivity contribution >= 4 is 27.3 Å². The molecule has 0 radical (unpaired) electrons. The number of nitrogens with one attached hydrogen (secondary N) is 1. The second-order valence-corrected chi connectivity index (χ2v) is 9.62. The van der Waals surface area contributed by atoms with E-state index in [1.165, 1.54) is 28.9 Å². The van der Waals surface area contributed by atoms with E-state index in [1.807, 2.05) is 0 Å². The van der Waals surface area contributed by atoms with Crippen LogP contribution in [0.4, 0.5) is 11.4 Å². The smallest absolute Gasteiger partial charge is 0.232 e. The Bertz CT molecular complexity index is 994. The third kappa shape index (κ3) is 6.37. The number of nitrogens with zero attached hydrogens (tertiary/aromatic N) is 2. The molecule has 0 bridgehead atoms. The van der Waals surface area contributed by atoms with Crippen LogP contribution in [0, 0.1) is 0 Å². The lowest BCUT2D eigenvalue weighted by Crippen LogP contribution is -2.32. The Balaban J connectivity index is 1.40. The molecule has 0 unspecified atom stereocenters. The zero-order valence-electron chi connectivity index (χ0n) is 18.2. The van der Waals surface area contributed by atoms with E-state index >= 15 is 0 Å². The van der Waals surface area contributed by atoms with E-state index in [0.717, 1.165) is 25.9 Å². The monoisotopic (exact) mass is 445 g/mol. The van der Waals surface area contributed by atoms with E-state index in [1.54, 1.807) is 24.3 Å². The first-order valence-corrected chi connectivity index (χ1v) is 12.4. The molecule has 0 aromatic heterocycles. The van der Waals surface area contributed by atoms with Gasteiger partial charge in [0.2, 0.25) is 15.9 Å². The molecule has 0 atom stereocenters. The van der Waals surface area contributed by atoms with Crippen LogP contribution in [0.5, 0.6) is 5.75 Å². The van der Waals surface area contributed by atoms with Crippen LogP contribution in [0.2, 0.25) is 0 Å². The number of sulfonamides is 1. The van der Waals surface area contributed by atoms with E-state index in [0.29, 0.717) is 24.4 Å². The first kappa shape index (κ1) is 22.9. The third-order valence-electron chi connectivity index (χ3n) is 5.42. The van der Waals surface area contributed by atoms with Crippen molar-refractivity contribution in [3.63, 3.8) is 0 Å². The minimum atomic E-state index is -3.46. The Morgan fingerprint density at radius 1 is 1.16 bits per heavy atom. The standard InChI is InChI=1S/C23H31N3O4S/c1-30-21-10-5-9-20(18-21)26(31(2,28)29)16-6-12-23(27)24-14-7-15-25-17-13-19-8-3-4-11-22(19)25/h3-5,8-11,18H,6-7,12-17H2,1-2H3,(H,24,27). The summed E-state index contributed by atoms with van der Waals surface area (Å²) in [7, 11) is -1.92. The third-order valence-corrected chi connectivity index (χ3v) is 6.61. The van der Waals surface area contributed by atoms with Crippen LogP contribution in [0.25, 0.3) is 0 Å². The Kier molecular flexibility index (Phi) is 7.79. The highest BCUT2D eigenvalue weighted by atomic mass is 32.2. The number of anilines is 2. The second-order valence-electron chi connectivity index (χ2n) is 7.71. The number of ether oxygens (including phenoxy) is 1. The lowest BCUT2D eigenvalue weighted by Gasteiger charge is -2.22. The van der Waals surface area contributed by atoms with Crippen LogP contribution in [0.1, 0.15) is 24.8 Å². The molecule has 0 saturated carbocycles. The van der Waals surface area contributed by atoms with Gasteiger partial charge in [0.05, 0.1) is 19.1 Å². The number of para-hydroxylation sites is 1. The number of benzene rings is 2. The van der Waals surface area contributed by atoms with Crippen molar-refractivity contribution in [2.24, 2.45) is 0 Å². The van der Waals surface area contributed by atoms with E-state index in [9.17, 15) is 13.2 Å². The fraction of sp³-hybridized carbons (Fsp3) is 0.435. The molecular formula is C23H31N3O4S. The van der Waals surface area contributed by atoms with Gasteiger partial charge in [-0.2, -0.15) is 0 Å². The average Bonchev–Trinajstić information content (AvgIpc) is 3.16. The summed E-state index contributed by atoms with van der Waals surface area (Å²) >= 11 is 0. The summed E-state index contributed by atoms with van der Waals surface area (Å²) in [4.78, 5) is 14.6. The average molecular weight is 446 g/mol. The largest absolute Gasteiger partial charge is 0.497 e. The maximum atomic E-state index is 12.2. The fourth-order valence-corrected chi connectivity index (χ4v) is 4.82. The van der Waals surface area contributed by atoms with Crippen LogP contribution < -0.4 is 19.3 Å². The van der Waals surface area contributed by atoms with Crippen molar-refractivity contribution in [1.82, 2.24) is 5.32 Å². The Morgan fingerprint density at radius 2 is 1.97 bits per heavy atom. The van der Waals surface area contributed by atoms with Gasteiger partial charge in [-0.05, 0) is 43.0 Å². The first-order valence-electron chi connectivity index (χ1n) is 10.6. The van der Waals surface area contributed by atoms with Gasteiger partial charge in [0.25, 0.3) is 0 Å². The predicted molar refractivity (Wildman–Crippen MR) is 124 cm³/mol. The zero-order valence-corrected chi connectivity index (χ0v) is 19.0. The highest BCUT2D eigenvalue weighted by Crippen LogP contribution is 2.27. The highest BCUT2D eigenvalue weighted by Gasteiger charge is 2.19. The predicted octanol–water partition coefficient (Wildman–Crippen LogP) is 2.81. The number of hydrogen-bond donors (Lipinski definition) is 1. The molecule has 2 aromatic carbocycles. The number of carbonyl (C=O) groups excluding carboxylic acids is 1. The first-order chi connectivity index (χ1) is 14.9. The lowest BCUT2D eigenvalue weighted by molar-refractivity contribution is -0.121. The molecule has 0 fully saturated rings. The molecule has 1 aliphatic heterocycles. The summed E-state index contributed by atoms with van der Waals surface area (Å²) < 4.78 is 30.9. The zero-order chi connectivity index (χ0) is 22.3. The maximum Gasteiger partial charge on any atom is 0.232 e. The Morgan fingerprint density at radius 3 is 2.74 bits per heavy atom. The lowest BCUT2D eigenvalue weighted by atomic mass is 10.2. The molecular weight excluding hydrogens is 414 g/mol. The molecule has 1 N–H and O–H groups in total. The molecule has 168 valence electrons. The van der Waals surface area contributed by atoms with Crippen molar-refractivity contribution < 1.29 is 17.9 Å². The summed E-state index contributed by atoms with van der Waals surface area (Å²) in [6, 6.07) is 15.4. The molecule has 7 nitrogen and oxygen atoms in total. The van der Waals surface area contributed by atoms with Gasteiger partial charge >= 0.3 is 0 Å². The molecule has 3 rings (SSSR count). The van der Waals surface area contributed by atoms with Crippen LogP contribution in [-0.2, 0) is 21.2 Å². The van der Waals surface area contributed by atoms with Crippen LogP contribution in [0.15, 0.2) is 48.5 Å². The van der Waals surface area contributed by atoms with Crippen molar-refractivity contribution in [2.75, 3.05) is 48.7 Å². The Hall–Kier alpha value is -2.74. The van der Waals surface area contributed by atoms with Gasteiger partial charge in [-0.15, -0.1) is 0 Å². The van der Waals surface area contributed by atoms with E-state index in [4.69, 9.17) is 4.74 Å². The topological polar surface area (TPSA) is 79.0 Å². The van der Waals surface area contributed by atoms with Gasteiger partial charge < -0.3 is 15.0 Å². The van der Waals surface area contributed by atoms with Gasteiger partial charge in [-0.1, -0.05) is 24.3 Å².